The SMILES string of the molecule is O=S(=O)(CCCC(F)(F)F)NC1CCCC1CO. The van der Waals surface area contributed by atoms with E-state index in [1.807, 2.05) is 0 Å². The summed E-state index contributed by atoms with van der Waals surface area (Å²) in [5.74, 6) is -0.649. The molecule has 18 heavy (non-hydrogen) atoms. The molecule has 0 saturated heterocycles. The third-order valence-electron chi connectivity index (χ3n) is 3.10. The molecule has 0 radical (unpaired) electrons. The number of aliphatic hydroxyl groups is 1. The molecule has 2 unspecified atom stereocenters. The second-order valence-corrected chi connectivity index (χ2v) is 6.51. The lowest BCUT2D eigenvalue weighted by Gasteiger charge is -2.19. The van der Waals surface area contributed by atoms with Gasteiger partial charge in [0, 0.05) is 19.1 Å². The fraction of sp³-hybridized carbons (Fsp3) is 1.00. The minimum Gasteiger partial charge on any atom is -0.396 e. The van der Waals surface area contributed by atoms with E-state index >= 15 is 0 Å². The Morgan fingerprint density at radius 2 is 1.94 bits per heavy atom. The van der Waals surface area contributed by atoms with Gasteiger partial charge in [-0.1, -0.05) is 6.42 Å². The Morgan fingerprint density at radius 3 is 2.50 bits per heavy atom. The molecule has 1 aliphatic carbocycles. The van der Waals surface area contributed by atoms with E-state index in [-0.39, 0.29) is 18.6 Å². The first-order chi connectivity index (χ1) is 8.23. The smallest absolute Gasteiger partial charge is 0.389 e. The highest BCUT2D eigenvalue weighted by Crippen LogP contribution is 2.26. The van der Waals surface area contributed by atoms with Crippen LogP contribution >= 0.6 is 0 Å². The van der Waals surface area contributed by atoms with Gasteiger partial charge in [-0.2, -0.15) is 13.2 Å². The van der Waals surface area contributed by atoms with Crippen LogP contribution in [0.5, 0.6) is 0 Å². The van der Waals surface area contributed by atoms with E-state index in [4.69, 9.17) is 5.11 Å². The maximum Gasteiger partial charge on any atom is 0.389 e. The van der Waals surface area contributed by atoms with E-state index in [0.717, 1.165) is 12.8 Å². The van der Waals surface area contributed by atoms with Gasteiger partial charge in [-0.15, -0.1) is 0 Å². The minimum atomic E-state index is -4.32. The van der Waals surface area contributed by atoms with Crippen LogP contribution in [-0.2, 0) is 10.0 Å². The number of sulfonamides is 1. The van der Waals surface area contributed by atoms with Crippen LogP contribution in [0.1, 0.15) is 32.1 Å². The zero-order valence-corrected chi connectivity index (χ0v) is 10.7. The summed E-state index contributed by atoms with van der Waals surface area (Å²) in [6.45, 7) is -0.101. The second-order valence-electron chi connectivity index (χ2n) is 4.64. The van der Waals surface area contributed by atoms with Crippen molar-refractivity contribution in [1.29, 1.82) is 0 Å². The molecule has 108 valence electrons. The molecule has 0 amide bonds. The topological polar surface area (TPSA) is 66.4 Å². The van der Waals surface area contributed by atoms with Gasteiger partial charge in [0.2, 0.25) is 10.0 Å². The van der Waals surface area contributed by atoms with Crippen molar-refractivity contribution in [3.8, 4) is 0 Å². The molecule has 4 nitrogen and oxygen atoms in total. The van der Waals surface area contributed by atoms with Crippen molar-refractivity contribution in [2.45, 2.75) is 44.3 Å². The molecule has 1 fully saturated rings. The molecule has 2 atom stereocenters. The summed E-state index contributed by atoms with van der Waals surface area (Å²) in [5.41, 5.74) is 0. The average molecular weight is 289 g/mol. The van der Waals surface area contributed by atoms with Crippen molar-refractivity contribution < 1.29 is 26.7 Å². The largest absolute Gasteiger partial charge is 0.396 e. The second kappa shape index (κ2) is 6.21. The van der Waals surface area contributed by atoms with Gasteiger partial charge < -0.3 is 5.11 Å². The first-order valence-corrected chi connectivity index (χ1v) is 7.56. The van der Waals surface area contributed by atoms with E-state index in [1.165, 1.54) is 0 Å². The maximum absolute atomic E-state index is 11.9. The molecule has 0 aliphatic heterocycles. The number of rotatable bonds is 6. The Balaban J connectivity index is 2.40. The van der Waals surface area contributed by atoms with E-state index in [0.29, 0.717) is 6.42 Å². The molecule has 8 heteroatoms. The van der Waals surface area contributed by atoms with Gasteiger partial charge in [0.15, 0.2) is 0 Å². The summed E-state index contributed by atoms with van der Waals surface area (Å²) in [4.78, 5) is 0. The zero-order valence-electron chi connectivity index (χ0n) is 9.91. The molecular formula is C10H18F3NO3S. The highest BCUT2D eigenvalue weighted by molar-refractivity contribution is 7.89. The average Bonchev–Trinajstić information content (AvgIpc) is 2.61. The van der Waals surface area contributed by atoms with Gasteiger partial charge in [-0.05, 0) is 25.2 Å². The molecule has 0 aromatic carbocycles. The summed E-state index contributed by atoms with van der Waals surface area (Å²) < 4.78 is 61.2. The predicted octanol–water partition coefficient (Wildman–Crippen LogP) is 1.41. The Labute approximate surface area is 105 Å². The van der Waals surface area contributed by atoms with Crippen molar-refractivity contribution in [3.63, 3.8) is 0 Å². The van der Waals surface area contributed by atoms with Crippen LogP contribution in [0.2, 0.25) is 0 Å². The van der Waals surface area contributed by atoms with E-state index in [9.17, 15) is 21.6 Å². The predicted molar refractivity (Wildman–Crippen MR) is 60.4 cm³/mol. The summed E-state index contributed by atoms with van der Waals surface area (Å²) in [6.07, 6.45) is -3.66. The monoisotopic (exact) mass is 289 g/mol. The fourth-order valence-corrected chi connectivity index (χ4v) is 3.58. The fourth-order valence-electron chi connectivity index (χ4n) is 2.16. The highest BCUT2D eigenvalue weighted by atomic mass is 32.2. The Morgan fingerprint density at radius 1 is 1.28 bits per heavy atom. The standard InChI is InChI=1S/C10H18F3NO3S/c11-10(12,13)5-2-6-18(16,17)14-9-4-1-3-8(9)7-15/h8-9,14-15H,1-7H2. The lowest BCUT2D eigenvalue weighted by atomic mass is 10.1. The van der Waals surface area contributed by atoms with Crippen molar-refractivity contribution in [2.75, 3.05) is 12.4 Å². The molecule has 0 aromatic rings. The molecule has 1 rings (SSSR count). The number of halogens is 3. The third-order valence-corrected chi connectivity index (χ3v) is 4.59. The molecule has 1 aliphatic rings. The lowest BCUT2D eigenvalue weighted by molar-refractivity contribution is -0.134. The Bertz CT molecular complexity index is 356. The molecule has 0 spiro atoms. The summed E-state index contributed by atoms with van der Waals surface area (Å²) in [6, 6.07) is -0.342. The molecule has 0 aromatic heterocycles. The molecule has 1 saturated carbocycles. The van der Waals surface area contributed by atoms with Crippen LogP contribution in [0.3, 0.4) is 0 Å². The van der Waals surface area contributed by atoms with E-state index in [1.54, 1.807) is 0 Å². The maximum atomic E-state index is 11.9. The summed E-state index contributed by atoms with van der Waals surface area (Å²) in [5, 5.41) is 9.03. The van der Waals surface area contributed by atoms with Gasteiger partial charge in [-0.25, -0.2) is 13.1 Å². The van der Waals surface area contributed by atoms with Crippen LogP contribution in [0, 0.1) is 5.92 Å². The van der Waals surface area contributed by atoms with Crippen molar-refractivity contribution in [2.24, 2.45) is 5.92 Å². The van der Waals surface area contributed by atoms with Crippen LogP contribution in [0.15, 0.2) is 0 Å². The van der Waals surface area contributed by atoms with E-state index in [2.05, 4.69) is 4.72 Å². The summed E-state index contributed by atoms with van der Waals surface area (Å²) >= 11 is 0. The Hall–Kier alpha value is -0.340. The number of aliphatic hydroxyl groups excluding tert-OH is 1. The highest BCUT2D eigenvalue weighted by Gasteiger charge is 2.31. The molecule has 0 heterocycles. The van der Waals surface area contributed by atoms with Gasteiger partial charge in [0.05, 0.1) is 5.75 Å². The molecular weight excluding hydrogens is 271 g/mol. The van der Waals surface area contributed by atoms with Crippen LogP contribution in [-0.4, -0.2) is 38.1 Å². The van der Waals surface area contributed by atoms with Crippen LogP contribution in [0.4, 0.5) is 13.2 Å². The minimum absolute atomic E-state index is 0.101. The van der Waals surface area contributed by atoms with Crippen molar-refractivity contribution in [3.05, 3.63) is 0 Å². The number of alkyl halides is 3. The number of hydrogen-bond donors (Lipinski definition) is 2. The summed E-state index contributed by atoms with van der Waals surface area (Å²) in [7, 11) is -3.69. The lowest BCUT2D eigenvalue weighted by Crippen LogP contribution is -2.39. The van der Waals surface area contributed by atoms with E-state index < -0.39 is 34.8 Å². The molecule has 2 N–H and O–H groups in total. The quantitative estimate of drug-likeness (QED) is 0.777. The van der Waals surface area contributed by atoms with Gasteiger partial charge >= 0.3 is 6.18 Å². The Kier molecular flexibility index (Phi) is 5.42. The molecule has 0 bridgehead atoms. The first-order valence-electron chi connectivity index (χ1n) is 5.91. The van der Waals surface area contributed by atoms with Crippen molar-refractivity contribution in [1.82, 2.24) is 4.72 Å². The number of hydrogen-bond acceptors (Lipinski definition) is 3. The van der Waals surface area contributed by atoms with Gasteiger partial charge in [0.1, 0.15) is 0 Å². The van der Waals surface area contributed by atoms with Crippen LogP contribution < -0.4 is 4.72 Å². The van der Waals surface area contributed by atoms with Crippen molar-refractivity contribution >= 4 is 10.0 Å². The van der Waals surface area contributed by atoms with Crippen LogP contribution in [0.25, 0.3) is 0 Å². The normalized spacial score (nSPS) is 25.6. The number of nitrogens with one attached hydrogen (secondary N) is 1. The zero-order chi connectivity index (χ0) is 13.8. The van der Waals surface area contributed by atoms with Gasteiger partial charge in [-0.3, -0.25) is 0 Å². The first kappa shape index (κ1) is 15.7. The van der Waals surface area contributed by atoms with Gasteiger partial charge in [0.25, 0.3) is 0 Å². The third kappa shape index (κ3) is 5.53.